The average Bonchev–Trinajstić information content (AvgIpc) is 3.03. The van der Waals surface area contributed by atoms with Gasteiger partial charge in [-0.1, -0.05) is 30.3 Å². The standard InChI is InChI=1S/C19H14FN5O/c20-14-7-9-15(10-8-14)22-19(26)24-17-16(13-5-2-1-3-6-13)23-18-21-11-4-12-25(17)18/h1-12H,(H2,22,24,26). The van der Waals surface area contributed by atoms with Crippen molar-refractivity contribution in [1.82, 2.24) is 14.4 Å². The fourth-order valence-corrected chi connectivity index (χ4v) is 2.61. The molecule has 0 spiro atoms. The molecule has 0 aliphatic carbocycles. The van der Waals surface area contributed by atoms with Gasteiger partial charge in [0.15, 0.2) is 0 Å². The number of imidazole rings is 1. The van der Waals surface area contributed by atoms with Gasteiger partial charge in [0.1, 0.15) is 17.3 Å². The smallest absolute Gasteiger partial charge is 0.308 e. The second kappa shape index (κ2) is 6.64. The predicted molar refractivity (Wildman–Crippen MR) is 97.5 cm³/mol. The zero-order valence-electron chi connectivity index (χ0n) is 13.6. The predicted octanol–water partition coefficient (Wildman–Crippen LogP) is 4.18. The summed E-state index contributed by atoms with van der Waals surface area (Å²) in [6.45, 7) is 0. The number of anilines is 2. The molecule has 0 fully saturated rings. The van der Waals surface area contributed by atoms with E-state index >= 15 is 0 Å². The highest BCUT2D eigenvalue weighted by atomic mass is 19.1. The summed E-state index contributed by atoms with van der Waals surface area (Å²) in [6, 6.07) is 16.4. The number of rotatable bonds is 3. The van der Waals surface area contributed by atoms with Gasteiger partial charge in [0, 0.05) is 23.6 Å². The van der Waals surface area contributed by atoms with Crippen LogP contribution in [0.1, 0.15) is 0 Å². The van der Waals surface area contributed by atoms with Crippen LogP contribution in [-0.2, 0) is 0 Å². The van der Waals surface area contributed by atoms with Crippen molar-refractivity contribution in [2.45, 2.75) is 0 Å². The zero-order chi connectivity index (χ0) is 17.9. The van der Waals surface area contributed by atoms with Gasteiger partial charge in [0.25, 0.3) is 0 Å². The van der Waals surface area contributed by atoms with Crippen molar-refractivity contribution in [3.63, 3.8) is 0 Å². The minimum Gasteiger partial charge on any atom is -0.308 e. The van der Waals surface area contributed by atoms with E-state index in [9.17, 15) is 9.18 Å². The molecule has 0 aliphatic heterocycles. The second-order valence-corrected chi connectivity index (χ2v) is 5.55. The van der Waals surface area contributed by atoms with Gasteiger partial charge in [-0.15, -0.1) is 0 Å². The van der Waals surface area contributed by atoms with Gasteiger partial charge in [-0.3, -0.25) is 9.72 Å². The van der Waals surface area contributed by atoms with Gasteiger partial charge < -0.3 is 5.32 Å². The van der Waals surface area contributed by atoms with Crippen LogP contribution in [-0.4, -0.2) is 20.4 Å². The monoisotopic (exact) mass is 347 g/mol. The fraction of sp³-hybridized carbons (Fsp3) is 0. The Labute approximate surface area is 148 Å². The van der Waals surface area contributed by atoms with E-state index in [4.69, 9.17) is 0 Å². The number of benzene rings is 2. The molecule has 0 saturated carbocycles. The number of hydrogen-bond donors (Lipinski definition) is 2. The first kappa shape index (κ1) is 15.8. The van der Waals surface area contributed by atoms with Gasteiger partial charge in [-0.05, 0) is 30.3 Å². The molecule has 4 aromatic rings. The third kappa shape index (κ3) is 3.10. The highest BCUT2D eigenvalue weighted by Gasteiger charge is 2.16. The normalized spacial score (nSPS) is 10.7. The number of fused-ring (bicyclic) bond motifs is 1. The number of nitrogens with one attached hydrogen (secondary N) is 2. The van der Waals surface area contributed by atoms with Crippen LogP contribution in [0.4, 0.5) is 20.7 Å². The Morgan fingerprint density at radius 1 is 0.962 bits per heavy atom. The molecule has 4 rings (SSSR count). The molecular weight excluding hydrogens is 333 g/mol. The zero-order valence-corrected chi connectivity index (χ0v) is 13.6. The highest BCUT2D eigenvalue weighted by molar-refractivity contribution is 6.01. The van der Waals surface area contributed by atoms with Gasteiger partial charge in [0.05, 0.1) is 0 Å². The van der Waals surface area contributed by atoms with Crippen molar-refractivity contribution in [2.24, 2.45) is 0 Å². The lowest BCUT2D eigenvalue weighted by Crippen LogP contribution is -2.20. The molecule has 2 aromatic heterocycles. The van der Waals surface area contributed by atoms with Gasteiger partial charge in [0.2, 0.25) is 5.78 Å². The number of carbonyl (C=O) groups is 1. The van der Waals surface area contributed by atoms with Crippen molar-refractivity contribution < 1.29 is 9.18 Å². The first-order valence-electron chi connectivity index (χ1n) is 7.93. The Kier molecular flexibility index (Phi) is 4.03. The van der Waals surface area contributed by atoms with Gasteiger partial charge >= 0.3 is 6.03 Å². The van der Waals surface area contributed by atoms with E-state index < -0.39 is 6.03 Å². The molecule has 0 aliphatic rings. The van der Waals surface area contributed by atoms with Crippen molar-refractivity contribution in [2.75, 3.05) is 10.6 Å². The number of carbonyl (C=O) groups excluding carboxylic acids is 1. The summed E-state index contributed by atoms with van der Waals surface area (Å²) in [7, 11) is 0. The maximum atomic E-state index is 13.0. The quantitative estimate of drug-likeness (QED) is 0.584. The van der Waals surface area contributed by atoms with Crippen LogP contribution in [0.15, 0.2) is 73.1 Å². The SMILES string of the molecule is O=C(Nc1ccc(F)cc1)Nc1c(-c2ccccc2)nc2ncccn12. The first-order valence-corrected chi connectivity index (χ1v) is 7.93. The summed E-state index contributed by atoms with van der Waals surface area (Å²) < 4.78 is 14.7. The van der Waals surface area contributed by atoms with Gasteiger partial charge in [-0.25, -0.2) is 19.2 Å². The molecule has 2 aromatic carbocycles. The molecular formula is C19H14FN5O. The van der Waals surface area contributed by atoms with Crippen LogP contribution >= 0.6 is 0 Å². The van der Waals surface area contributed by atoms with E-state index in [1.54, 1.807) is 22.9 Å². The Morgan fingerprint density at radius 3 is 2.50 bits per heavy atom. The molecule has 2 heterocycles. The van der Waals surface area contributed by atoms with Crippen molar-refractivity contribution >= 4 is 23.3 Å². The molecule has 7 heteroatoms. The summed E-state index contributed by atoms with van der Waals surface area (Å²) in [5.74, 6) is 0.609. The van der Waals surface area contributed by atoms with Crippen LogP contribution < -0.4 is 10.6 Å². The third-order valence-corrected chi connectivity index (χ3v) is 3.78. The molecule has 0 radical (unpaired) electrons. The average molecular weight is 347 g/mol. The number of amides is 2. The Balaban J connectivity index is 1.68. The van der Waals surface area contributed by atoms with Crippen molar-refractivity contribution in [3.05, 3.63) is 78.9 Å². The highest BCUT2D eigenvalue weighted by Crippen LogP contribution is 2.28. The van der Waals surface area contributed by atoms with Crippen LogP contribution in [0, 0.1) is 5.82 Å². The molecule has 128 valence electrons. The number of aromatic nitrogens is 3. The molecule has 2 amide bonds. The van der Waals surface area contributed by atoms with Crippen LogP contribution in [0.5, 0.6) is 0 Å². The minimum atomic E-state index is -0.459. The molecule has 0 unspecified atom stereocenters. The molecule has 0 bridgehead atoms. The van der Waals surface area contributed by atoms with Crippen LogP contribution in [0.3, 0.4) is 0 Å². The van der Waals surface area contributed by atoms with E-state index in [1.807, 2.05) is 30.3 Å². The first-order chi connectivity index (χ1) is 12.7. The lowest BCUT2D eigenvalue weighted by Gasteiger charge is -2.09. The summed E-state index contributed by atoms with van der Waals surface area (Å²) >= 11 is 0. The van der Waals surface area contributed by atoms with E-state index in [1.165, 1.54) is 24.3 Å². The van der Waals surface area contributed by atoms with Gasteiger partial charge in [-0.2, -0.15) is 0 Å². The summed E-state index contributed by atoms with van der Waals surface area (Å²) in [4.78, 5) is 21.2. The molecule has 0 saturated heterocycles. The van der Waals surface area contributed by atoms with E-state index in [0.717, 1.165) is 5.56 Å². The van der Waals surface area contributed by atoms with Crippen LogP contribution in [0.2, 0.25) is 0 Å². The number of halogens is 1. The molecule has 26 heavy (non-hydrogen) atoms. The third-order valence-electron chi connectivity index (χ3n) is 3.78. The molecule has 2 N–H and O–H groups in total. The van der Waals surface area contributed by atoms with E-state index in [-0.39, 0.29) is 5.82 Å². The summed E-state index contributed by atoms with van der Waals surface area (Å²) in [5, 5.41) is 5.48. The van der Waals surface area contributed by atoms with E-state index in [0.29, 0.717) is 23.0 Å². The number of urea groups is 1. The summed E-state index contributed by atoms with van der Waals surface area (Å²) in [6.07, 6.45) is 3.41. The molecule has 0 atom stereocenters. The maximum absolute atomic E-state index is 13.0. The fourth-order valence-electron chi connectivity index (χ4n) is 2.61. The largest absolute Gasteiger partial charge is 0.324 e. The van der Waals surface area contributed by atoms with Crippen molar-refractivity contribution in [1.29, 1.82) is 0 Å². The number of nitrogens with zero attached hydrogens (tertiary/aromatic N) is 3. The lowest BCUT2D eigenvalue weighted by atomic mass is 10.1. The second-order valence-electron chi connectivity index (χ2n) is 5.55. The maximum Gasteiger partial charge on any atom is 0.324 e. The molecule has 6 nitrogen and oxygen atoms in total. The topological polar surface area (TPSA) is 71.3 Å². The lowest BCUT2D eigenvalue weighted by molar-refractivity contribution is 0.262. The Bertz CT molecular complexity index is 1060. The van der Waals surface area contributed by atoms with Crippen LogP contribution in [0.25, 0.3) is 17.0 Å². The minimum absolute atomic E-state index is 0.366. The Morgan fingerprint density at radius 2 is 1.73 bits per heavy atom. The summed E-state index contributed by atoms with van der Waals surface area (Å²) in [5.41, 5.74) is 1.95. The Hall–Kier alpha value is -3.74. The van der Waals surface area contributed by atoms with E-state index in [2.05, 4.69) is 20.6 Å². The number of hydrogen-bond acceptors (Lipinski definition) is 3. The van der Waals surface area contributed by atoms with Crippen molar-refractivity contribution in [3.8, 4) is 11.3 Å².